The van der Waals surface area contributed by atoms with Crippen LogP contribution in [0.4, 0.5) is 4.39 Å². The molecule has 0 saturated heterocycles. The topological polar surface area (TPSA) is 60.2 Å². The number of rotatable bonds is 6. The van der Waals surface area contributed by atoms with Gasteiger partial charge in [-0.1, -0.05) is 26.7 Å². The van der Waals surface area contributed by atoms with Gasteiger partial charge < -0.3 is 10.6 Å². The summed E-state index contributed by atoms with van der Waals surface area (Å²) in [5, 5.41) is 15.2. The Bertz CT molecular complexity index is 521. The highest BCUT2D eigenvalue weighted by Crippen LogP contribution is 2.10. The van der Waals surface area contributed by atoms with Crippen molar-refractivity contribution in [2.24, 2.45) is 10.9 Å². The summed E-state index contributed by atoms with van der Waals surface area (Å²) in [5.74, 6) is 0.919. The van der Waals surface area contributed by atoms with Crippen LogP contribution in [-0.2, 0) is 6.54 Å². The molecule has 0 aromatic heterocycles. The number of hydrogen-bond acceptors (Lipinski definition) is 2. The van der Waals surface area contributed by atoms with Gasteiger partial charge in [0.15, 0.2) is 5.96 Å². The lowest BCUT2D eigenvalue weighted by Gasteiger charge is -2.17. The van der Waals surface area contributed by atoms with Crippen LogP contribution in [0.3, 0.4) is 0 Å². The van der Waals surface area contributed by atoms with Crippen LogP contribution < -0.4 is 10.6 Å². The van der Waals surface area contributed by atoms with E-state index in [1.54, 1.807) is 13.1 Å². The number of hydrogen-bond donors (Lipinski definition) is 2. The van der Waals surface area contributed by atoms with Gasteiger partial charge in [0.2, 0.25) is 0 Å². The van der Waals surface area contributed by atoms with E-state index in [2.05, 4.69) is 29.5 Å². The van der Waals surface area contributed by atoms with E-state index in [0.717, 1.165) is 19.4 Å². The zero-order valence-electron chi connectivity index (χ0n) is 13.3. The Labute approximate surface area is 149 Å². The molecule has 0 saturated carbocycles. The molecule has 0 spiro atoms. The SMILES string of the molecule is CCC(CC)CNC(=NC)NCc1cc(C#N)ccc1F.I. The summed E-state index contributed by atoms with van der Waals surface area (Å²) in [6.45, 7) is 5.46. The quantitative estimate of drug-likeness (QED) is 0.423. The molecule has 2 N–H and O–H groups in total. The van der Waals surface area contributed by atoms with E-state index in [9.17, 15) is 4.39 Å². The maximum absolute atomic E-state index is 13.7. The molecule has 0 atom stereocenters. The summed E-state index contributed by atoms with van der Waals surface area (Å²) in [6.07, 6.45) is 2.22. The Kier molecular flexibility index (Phi) is 10.5. The van der Waals surface area contributed by atoms with Gasteiger partial charge in [-0.3, -0.25) is 4.99 Å². The van der Waals surface area contributed by atoms with Crippen molar-refractivity contribution in [3.05, 3.63) is 35.1 Å². The Hall–Kier alpha value is -1.36. The molecular weight excluding hydrogens is 394 g/mol. The maximum atomic E-state index is 13.7. The highest BCUT2D eigenvalue weighted by Gasteiger charge is 2.07. The molecule has 22 heavy (non-hydrogen) atoms. The molecule has 0 unspecified atom stereocenters. The first kappa shape index (κ1) is 20.6. The molecule has 0 radical (unpaired) electrons. The number of halogens is 2. The van der Waals surface area contributed by atoms with Crippen LogP contribution in [0, 0.1) is 23.1 Å². The van der Waals surface area contributed by atoms with Crippen molar-refractivity contribution in [3.8, 4) is 6.07 Å². The van der Waals surface area contributed by atoms with E-state index < -0.39 is 0 Å². The lowest BCUT2D eigenvalue weighted by atomic mass is 10.0. The molecule has 0 bridgehead atoms. The average Bonchev–Trinajstić information content (AvgIpc) is 2.52. The van der Waals surface area contributed by atoms with Crippen molar-refractivity contribution < 1.29 is 4.39 Å². The van der Waals surface area contributed by atoms with Crippen LogP contribution >= 0.6 is 24.0 Å². The standard InChI is InChI=1S/C16H23FN4.HI/c1-4-12(5-2)10-20-16(19-3)21-11-14-8-13(9-18)6-7-15(14)17;/h6-8,12H,4-5,10-11H2,1-3H3,(H2,19,20,21);1H. The third-order valence-corrected chi connectivity index (χ3v) is 3.56. The minimum atomic E-state index is -0.322. The molecule has 0 aliphatic carbocycles. The Morgan fingerprint density at radius 3 is 2.55 bits per heavy atom. The van der Waals surface area contributed by atoms with Crippen LogP contribution in [0.25, 0.3) is 0 Å². The van der Waals surface area contributed by atoms with Crippen molar-refractivity contribution in [1.82, 2.24) is 10.6 Å². The summed E-state index contributed by atoms with van der Waals surface area (Å²) in [5.41, 5.74) is 0.910. The highest BCUT2D eigenvalue weighted by molar-refractivity contribution is 14.0. The number of benzene rings is 1. The number of nitrogens with zero attached hydrogens (tertiary/aromatic N) is 2. The van der Waals surface area contributed by atoms with Crippen LogP contribution in [0.5, 0.6) is 0 Å². The highest BCUT2D eigenvalue weighted by atomic mass is 127. The van der Waals surface area contributed by atoms with Gasteiger partial charge in [0.25, 0.3) is 0 Å². The Morgan fingerprint density at radius 2 is 2.00 bits per heavy atom. The monoisotopic (exact) mass is 418 g/mol. The van der Waals surface area contributed by atoms with E-state index in [-0.39, 0.29) is 29.8 Å². The van der Waals surface area contributed by atoms with E-state index in [1.165, 1.54) is 12.1 Å². The summed E-state index contributed by atoms with van der Waals surface area (Å²) >= 11 is 0. The van der Waals surface area contributed by atoms with Crippen LogP contribution in [0.15, 0.2) is 23.2 Å². The molecule has 0 aliphatic rings. The normalized spacial score (nSPS) is 10.8. The van der Waals surface area contributed by atoms with Crippen molar-refractivity contribution in [2.75, 3.05) is 13.6 Å². The first-order valence-electron chi connectivity index (χ1n) is 7.27. The maximum Gasteiger partial charge on any atom is 0.191 e. The van der Waals surface area contributed by atoms with Gasteiger partial charge in [-0.2, -0.15) is 5.26 Å². The second-order valence-corrected chi connectivity index (χ2v) is 4.91. The molecule has 1 aromatic carbocycles. The molecule has 1 rings (SSSR count). The number of guanidine groups is 1. The third kappa shape index (κ3) is 6.60. The first-order chi connectivity index (χ1) is 10.1. The molecule has 4 nitrogen and oxygen atoms in total. The van der Waals surface area contributed by atoms with Gasteiger partial charge in [0.1, 0.15) is 5.82 Å². The number of nitrogens with one attached hydrogen (secondary N) is 2. The minimum Gasteiger partial charge on any atom is -0.356 e. The lowest BCUT2D eigenvalue weighted by molar-refractivity contribution is 0.481. The predicted molar refractivity (Wildman–Crippen MR) is 98.8 cm³/mol. The molecule has 0 aliphatic heterocycles. The van der Waals surface area contributed by atoms with E-state index in [1.807, 2.05) is 6.07 Å². The molecule has 0 heterocycles. The van der Waals surface area contributed by atoms with E-state index >= 15 is 0 Å². The second-order valence-electron chi connectivity index (χ2n) is 4.91. The van der Waals surface area contributed by atoms with Gasteiger partial charge in [-0.25, -0.2) is 4.39 Å². The molecule has 0 amide bonds. The summed E-state index contributed by atoms with van der Waals surface area (Å²) < 4.78 is 13.7. The van der Waals surface area contributed by atoms with Crippen LogP contribution in [-0.4, -0.2) is 19.6 Å². The van der Waals surface area contributed by atoms with Gasteiger partial charge in [0.05, 0.1) is 11.6 Å². The fourth-order valence-corrected chi connectivity index (χ4v) is 2.00. The number of aliphatic imine (C=N–C) groups is 1. The van der Waals surface area contributed by atoms with E-state index in [4.69, 9.17) is 5.26 Å². The lowest BCUT2D eigenvalue weighted by Crippen LogP contribution is -2.39. The minimum absolute atomic E-state index is 0. The van der Waals surface area contributed by atoms with Gasteiger partial charge in [-0.15, -0.1) is 24.0 Å². The average molecular weight is 418 g/mol. The van der Waals surface area contributed by atoms with E-state index in [0.29, 0.717) is 29.5 Å². The fraction of sp³-hybridized carbons (Fsp3) is 0.500. The molecule has 122 valence electrons. The largest absolute Gasteiger partial charge is 0.356 e. The Balaban J connectivity index is 0.00000441. The van der Waals surface area contributed by atoms with Crippen molar-refractivity contribution in [2.45, 2.75) is 33.2 Å². The van der Waals surface area contributed by atoms with Crippen molar-refractivity contribution >= 4 is 29.9 Å². The second kappa shape index (κ2) is 11.2. The molecule has 0 fully saturated rings. The molecule has 1 aromatic rings. The van der Waals surface area contributed by atoms with Crippen molar-refractivity contribution in [3.63, 3.8) is 0 Å². The number of nitriles is 1. The van der Waals surface area contributed by atoms with Gasteiger partial charge in [0, 0.05) is 25.7 Å². The molecule has 6 heteroatoms. The smallest absolute Gasteiger partial charge is 0.191 e. The first-order valence-corrected chi connectivity index (χ1v) is 7.27. The fourth-order valence-electron chi connectivity index (χ4n) is 2.00. The van der Waals surface area contributed by atoms with Gasteiger partial charge >= 0.3 is 0 Å². The van der Waals surface area contributed by atoms with Crippen molar-refractivity contribution in [1.29, 1.82) is 5.26 Å². The third-order valence-electron chi connectivity index (χ3n) is 3.56. The van der Waals surface area contributed by atoms with Crippen LogP contribution in [0.2, 0.25) is 0 Å². The molecular formula is C16H24FIN4. The van der Waals surface area contributed by atoms with Gasteiger partial charge in [-0.05, 0) is 24.1 Å². The van der Waals surface area contributed by atoms with Crippen LogP contribution in [0.1, 0.15) is 37.8 Å². The summed E-state index contributed by atoms with van der Waals surface area (Å²) in [6, 6.07) is 6.35. The summed E-state index contributed by atoms with van der Waals surface area (Å²) in [4.78, 5) is 4.12. The Morgan fingerprint density at radius 1 is 1.32 bits per heavy atom. The predicted octanol–water partition coefficient (Wildman–Crippen LogP) is 3.42. The zero-order chi connectivity index (χ0) is 15.7. The summed E-state index contributed by atoms with van der Waals surface area (Å²) in [7, 11) is 1.68. The zero-order valence-corrected chi connectivity index (χ0v) is 15.6.